The van der Waals surface area contributed by atoms with Crippen molar-refractivity contribution in [3.63, 3.8) is 0 Å². The standard InChI is InChI=1S/C18H18ClF3N4O/c19-15-10-14(18(20,21)22)12-24-17(15)26-8-6-25(7-9-26)16(27)4-3-13-2-1-5-23-11-13/h1-2,5,10-12H,3-4,6-9H2. The van der Waals surface area contributed by atoms with Gasteiger partial charge in [0.1, 0.15) is 5.82 Å². The van der Waals surface area contributed by atoms with E-state index in [1.807, 2.05) is 12.1 Å². The topological polar surface area (TPSA) is 49.3 Å². The van der Waals surface area contributed by atoms with Gasteiger partial charge < -0.3 is 9.80 Å². The highest BCUT2D eigenvalue weighted by Gasteiger charge is 2.32. The fourth-order valence-corrected chi connectivity index (χ4v) is 3.23. The predicted molar refractivity (Wildman–Crippen MR) is 95.6 cm³/mol. The van der Waals surface area contributed by atoms with Crippen LogP contribution in [0.1, 0.15) is 17.5 Å². The lowest BCUT2D eigenvalue weighted by Crippen LogP contribution is -2.49. The molecule has 2 aromatic rings. The van der Waals surface area contributed by atoms with Crippen LogP contribution in [0, 0.1) is 0 Å². The molecule has 1 aliphatic heterocycles. The number of carbonyl (C=O) groups excluding carboxylic acids is 1. The number of aromatic nitrogens is 2. The van der Waals surface area contributed by atoms with Crippen LogP contribution in [0.15, 0.2) is 36.8 Å². The molecule has 0 bridgehead atoms. The van der Waals surface area contributed by atoms with E-state index in [-0.39, 0.29) is 10.9 Å². The van der Waals surface area contributed by atoms with Gasteiger partial charge >= 0.3 is 6.18 Å². The van der Waals surface area contributed by atoms with Gasteiger partial charge in [-0.05, 0) is 24.1 Å². The Balaban J connectivity index is 1.55. The van der Waals surface area contributed by atoms with Gasteiger partial charge in [0.25, 0.3) is 0 Å². The molecule has 0 aliphatic carbocycles. The molecule has 1 fully saturated rings. The van der Waals surface area contributed by atoms with Crippen molar-refractivity contribution in [3.8, 4) is 0 Å². The van der Waals surface area contributed by atoms with Gasteiger partial charge in [-0.3, -0.25) is 9.78 Å². The van der Waals surface area contributed by atoms with E-state index in [9.17, 15) is 18.0 Å². The number of rotatable bonds is 4. The van der Waals surface area contributed by atoms with Crippen molar-refractivity contribution in [2.45, 2.75) is 19.0 Å². The van der Waals surface area contributed by atoms with Crippen molar-refractivity contribution in [3.05, 3.63) is 52.9 Å². The van der Waals surface area contributed by atoms with Crippen molar-refractivity contribution in [1.29, 1.82) is 0 Å². The Bertz CT molecular complexity index is 793. The maximum absolute atomic E-state index is 12.7. The number of hydrogen-bond acceptors (Lipinski definition) is 4. The number of piperazine rings is 1. The first-order valence-electron chi connectivity index (χ1n) is 8.49. The van der Waals surface area contributed by atoms with E-state index >= 15 is 0 Å². The Morgan fingerprint density at radius 3 is 2.52 bits per heavy atom. The zero-order chi connectivity index (χ0) is 19.4. The first-order chi connectivity index (χ1) is 12.8. The van der Waals surface area contributed by atoms with E-state index in [0.717, 1.165) is 17.8 Å². The molecule has 1 aliphatic rings. The molecule has 0 saturated carbocycles. The second-order valence-corrected chi connectivity index (χ2v) is 6.66. The summed E-state index contributed by atoms with van der Waals surface area (Å²) in [6, 6.07) is 4.64. The van der Waals surface area contributed by atoms with Gasteiger partial charge in [-0.1, -0.05) is 17.7 Å². The highest BCUT2D eigenvalue weighted by Crippen LogP contribution is 2.33. The number of nitrogens with zero attached hydrogens (tertiary/aromatic N) is 4. The molecular weight excluding hydrogens is 381 g/mol. The zero-order valence-corrected chi connectivity index (χ0v) is 15.2. The van der Waals surface area contributed by atoms with Gasteiger partial charge in [-0.2, -0.15) is 13.2 Å². The summed E-state index contributed by atoms with van der Waals surface area (Å²) in [6.07, 6.45) is 0.750. The van der Waals surface area contributed by atoms with E-state index < -0.39 is 11.7 Å². The molecule has 0 atom stereocenters. The molecule has 27 heavy (non-hydrogen) atoms. The number of hydrogen-bond donors (Lipinski definition) is 0. The van der Waals surface area contributed by atoms with Gasteiger partial charge in [-0.25, -0.2) is 4.98 Å². The van der Waals surface area contributed by atoms with E-state index in [2.05, 4.69) is 9.97 Å². The quantitative estimate of drug-likeness (QED) is 0.791. The fourth-order valence-electron chi connectivity index (χ4n) is 2.94. The summed E-state index contributed by atoms with van der Waals surface area (Å²) in [5.41, 5.74) is 0.130. The number of halogens is 4. The minimum Gasteiger partial charge on any atom is -0.352 e. The van der Waals surface area contributed by atoms with Crippen molar-refractivity contribution in [2.24, 2.45) is 0 Å². The zero-order valence-electron chi connectivity index (χ0n) is 14.4. The van der Waals surface area contributed by atoms with Gasteiger partial charge in [0.2, 0.25) is 5.91 Å². The van der Waals surface area contributed by atoms with Gasteiger partial charge in [0.05, 0.1) is 10.6 Å². The highest BCUT2D eigenvalue weighted by molar-refractivity contribution is 6.33. The lowest BCUT2D eigenvalue weighted by atomic mass is 10.1. The average Bonchev–Trinajstić information content (AvgIpc) is 2.66. The normalized spacial score (nSPS) is 15.1. The Morgan fingerprint density at radius 1 is 1.19 bits per heavy atom. The molecule has 5 nitrogen and oxygen atoms in total. The highest BCUT2D eigenvalue weighted by atomic mass is 35.5. The first-order valence-corrected chi connectivity index (χ1v) is 8.87. The van der Waals surface area contributed by atoms with Crippen LogP contribution in [0.5, 0.6) is 0 Å². The number of carbonyl (C=O) groups is 1. The van der Waals surface area contributed by atoms with Crippen molar-refractivity contribution in [1.82, 2.24) is 14.9 Å². The fraction of sp³-hybridized carbons (Fsp3) is 0.389. The maximum atomic E-state index is 12.7. The molecule has 1 saturated heterocycles. The largest absolute Gasteiger partial charge is 0.417 e. The molecule has 0 radical (unpaired) electrons. The lowest BCUT2D eigenvalue weighted by molar-refractivity contribution is -0.137. The third-order valence-electron chi connectivity index (χ3n) is 4.43. The van der Waals surface area contributed by atoms with Crippen LogP contribution in [-0.2, 0) is 17.4 Å². The SMILES string of the molecule is O=C(CCc1cccnc1)N1CCN(c2ncc(C(F)(F)F)cc2Cl)CC1. The second-order valence-electron chi connectivity index (χ2n) is 6.26. The maximum Gasteiger partial charge on any atom is 0.417 e. The van der Waals surface area contributed by atoms with E-state index in [4.69, 9.17) is 11.6 Å². The van der Waals surface area contributed by atoms with Gasteiger partial charge in [-0.15, -0.1) is 0 Å². The number of anilines is 1. The molecule has 9 heteroatoms. The second kappa shape index (κ2) is 8.12. The van der Waals surface area contributed by atoms with Crippen LogP contribution in [0.2, 0.25) is 5.02 Å². The summed E-state index contributed by atoms with van der Waals surface area (Å²) in [6.45, 7) is 1.89. The summed E-state index contributed by atoms with van der Waals surface area (Å²) in [7, 11) is 0. The Hall–Kier alpha value is -2.35. The Labute approximate surface area is 159 Å². The molecule has 3 rings (SSSR count). The third kappa shape index (κ3) is 4.88. The van der Waals surface area contributed by atoms with Crippen LogP contribution in [-0.4, -0.2) is 47.0 Å². The number of amides is 1. The minimum absolute atomic E-state index is 0.0406. The summed E-state index contributed by atoms with van der Waals surface area (Å²) in [4.78, 5) is 23.8. The van der Waals surface area contributed by atoms with Crippen molar-refractivity contribution >= 4 is 23.3 Å². The van der Waals surface area contributed by atoms with Crippen molar-refractivity contribution < 1.29 is 18.0 Å². The molecule has 0 spiro atoms. The molecule has 0 N–H and O–H groups in total. The Kier molecular flexibility index (Phi) is 5.84. The summed E-state index contributed by atoms with van der Waals surface area (Å²) in [5.74, 6) is 0.358. The molecule has 2 aromatic heterocycles. The molecule has 3 heterocycles. The molecule has 0 aromatic carbocycles. The predicted octanol–water partition coefficient (Wildman–Crippen LogP) is 3.43. The monoisotopic (exact) mass is 398 g/mol. The van der Waals surface area contributed by atoms with Crippen molar-refractivity contribution in [2.75, 3.05) is 31.1 Å². The van der Waals surface area contributed by atoms with Crippen LogP contribution < -0.4 is 4.90 Å². The average molecular weight is 399 g/mol. The van der Waals surface area contributed by atoms with Crippen LogP contribution in [0.25, 0.3) is 0 Å². The third-order valence-corrected chi connectivity index (χ3v) is 4.71. The first kappa shape index (κ1) is 19.4. The van der Waals surface area contributed by atoms with E-state index in [0.29, 0.717) is 44.8 Å². The lowest BCUT2D eigenvalue weighted by Gasteiger charge is -2.36. The van der Waals surface area contributed by atoms with E-state index in [1.54, 1.807) is 22.2 Å². The summed E-state index contributed by atoms with van der Waals surface area (Å²) >= 11 is 5.99. The van der Waals surface area contributed by atoms with Crippen LogP contribution >= 0.6 is 11.6 Å². The Morgan fingerprint density at radius 2 is 1.93 bits per heavy atom. The van der Waals surface area contributed by atoms with Crippen LogP contribution in [0.4, 0.5) is 19.0 Å². The molecule has 1 amide bonds. The van der Waals surface area contributed by atoms with Crippen LogP contribution in [0.3, 0.4) is 0 Å². The van der Waals surface area contributed by atoms with Gasteiger partial charge in [0.15, 0.2) is 0 Å². The minimum atomic E-state index is -4.48. The number of aryl methyl sites for hydroxylation is 1. The summed E-state index contributed by atoms with van der Waals surface area (Å²) < 4.78 is 38.2. The van der Waals surface area contributed by atoms with E-state index in [1.165, 1.54) is 0 Å². The summed E-state index contributed by atoms with van der Waals surface area (Å²) in [5, 5.41) is -0.0406. The molecular formula is C18H18ClF3N4O. The molecule has 0 unspecified atom stereocenters. The number of pyridine rings is 2. The molecule has 144 valence electrons. The number of alkyl halides is 3. The smallest absolute Gasteiger partial charge is 0.352 e. The van der Waals surface area contributed by atoms with Gasteiger partial charge in [0, 0.05) is 51.2 Å².